The predicted molar refractivity (Wildman–Crippen MR) is 83.5 cm³/mol. The molecule has 2 heterocycles. The standard InChI is InChI=1S/C14H22N6O/c1-5-16-10-8-20-7-6-17-12(20)11(19-10)18-9-14(2,3)13(21)15-4/h6-8,16H,5,9H2,1-4H3,(H,15,21)(H,18,19). The Hall–Kier alpha value is -2.31. The van der Waals surface area contributed by atoms with Crippen LogP contribution in [-0.4, -0.2) is 40.4 Å². The van der Waals surface area contributed by atoms with E-state index in [2.05, 4.69) is 25.9 Å². The van der Waals surface area contributed by atoms with Gasteiger partial charge in [0.1, 0.15) is 5.82 Å². The van der Waals surface area contributed by atoms with Gasteiger partial charge in [-0.2, -0.15) is 0 Å². The maximum atomic E-state index is 11.8. The number of hydrogen-bond acceptors (Lipinski definition) is 5. The molecule has 0 aliphatic carbocycles. The lowest BCUT2D eigenvalue weighted by Gasteiger charge is -2.23. The van der Waals surface area contributed by atoms with Gasteiger partial charge in [-0.3, -0.25) is 4.79 Å². The molecule has 2 rings (SSSR count). The molecule has 0 spiro atoms. The lowest BCUT2D eigenvalue weighted by atomic mass is 9.92. The van der Waals surface area contributed by atoms with E-state index in [1.165, 1.54) is 0 Å². The zero-order valence-electron chi connectivity index (χ0n) is 12.9. The maximum Gasteiger partial charge on any atom is 0.227 e. The second kappa shape index (κ2) is 5.99. The smallest absolute Gasteiger partial charge is 0.227 e. The van der Waals surface area contributed by atoms with Crippen LogP contribution in [0, 0.1) is 5.41 Å². The first-order chi connectivity index (χ1) is 9.97. The summed E-state index contributed by atoms with van der Waals surface area (Å²) >= 11 is 0. The number of amides is 1. The normalized spacial score (nSPS) is 11.4. The molecule has 0 atom stereocenters. The van der Waals surface area contributed by atoms with Crippen molar-refractivity contribution in [1.82, 2.24) is 19.7 Å². The highest BCUT2D eigenvalue weighted by molar-refractivity contribution is 5.82. The molecular formula is C14H22N6O. The predicted octanol–water partition coefficient (Wildman–Crippen LogP) is 1.35. The highest BCUT2D eigenvalue weighted by Crippen LogP contribution is 2.20. The van der Waals surface area contributed by atoms with Crippen LogP contribution in [0.3, 0.4) is 0 Å². The highest BCUT2D eigenvalue weighted by Gasteiger charge is 2.26. The molecule has 0 unspecified atom stereocenters. The van der Waals surface area contributed by atoms with E-state index in [-0.39, 0.29) is 5.91 Å². The van der Waals surface area contributed by atoms with Gasteiger partial charge in [-0.1, -0.05) is 0 Å². The Morgan fingerprint density at radius 1 is 1.38 bits per heavy atom. The summed E-state index contributed by atoms with van der Waals surface area (Å²) in [7, 11) is 1.64. The number of imidazole rings is 1. The van der Waals surface area contributed by atoms with Gasteiger partial charge in [0.2, 0.25) is 5.91 Å². The van der Waals surface area contributed by atoms with Gasteiger partial charge in [0.05, 0.1) is 11.6 Å². The summed E-state index contributed by atoms with van der Waals surface area (Å²) in [5.41, 5.74) is 0.207. The molecule has 0 fully saturated rings. The van der Waals surface area contributed by atoms with Crippen LogP contribution in [0.5, 0.6) is 0 Å². The van der Waals surface area contributed by atoms with E-state index in [0.29, 0.717) is 12.4 Å². The summed E-state index contributed by atoms with van der Waals surface area (Å²) in [4.78, 5) is 20.6. The highest BCUT2D eigenvalue weighted by atomic mass is 16.2. The first-order valence-electron chi connectivity index (χ1n) is 7.01. The maximum absolute atomic E-state index is 11.8. The van der Waals surface area contributed by atoms with Crippen LogP contribution in [0.25, 0.3) is 5.65 Å². The third kappa shape index (κ3) is 3.24. The van der Waals surface area contributed by atoms with Gasteiger partial charge in [-0.25, -0.2) is 9.97 Å². The van der Waals surface area contributed by atoms with Gasteiger partial charge in [0.25, 0.3) is 0 Å². The molecule has 1 amide bonds. The zero-order chi connectivity index (χ0) is 15.5. The molecule has 0 aliphatic rings. The van der Waals surface area contributed by atoms with Crippen LogP contribution in [0.4, 0.5) is 11.6 Å². The molecule has 0 radical (unpaired) electrons. The number of nitrogens with one attached hydrogen (secondary N) is 3. The molecule has 3 N–H and O–H groups in total. The van der Waals surface area contributed by atoms with E-state index in [0.717, 1.165) is 18.0 Å². The Morgan fingerprint density at radius 3 is 2.81 bits per heavy atom. The second-order valence-corrected chi connectivity index (χ2v) is 5.48. The van der Waals surface area contributed by atoms with Crippen LogP contribution in [-0.2, 0) is 4.79 Å². The molecule has 114 valence electrons. The van der Waals surface area contributed by atoms with Crippen LogP contribution < -0.4 is 16.0 Å². The van der Waals surface area contributed by atoms with Crippen molar-refractivity contribution < 1.29 is 4.79 Å². The minimum atomic E-state index is -0.534. The lowest BCUT2D eigenvalue weighted by Crippen LogP contribution is -2.39. The van der Waals surface area contributed by atoms with Crippen molar-refractivity contribution in [2.45, 2.75) is 20.8 Å². The number of hydrogen-bond donors (Lipinski definition) is 3. The van der Waals surface area contributed by atoms with Crippen molar-refractivity contribution in [1.29, 1.82) is 0 Å². The van der Waals surface area contributed by atoms with E-state index in [1.807, 2.05) is 37.6 Å². The van der Waals surface area contributed by atoms with Gasteiger partial charge < -0.3 is 20.4 Å². The molecule has 0 saturated heterocycles. The Morgan fingerprint density at radius 2 is 2.14 bits per heavy atom. The SMILES string of the molecule is CCNc1cn2ccnc2c(NCC(C)(C)C(=O)NC)n1. The molecule has 21 heavy (non-hydrogen) atoms. The van der Waals surface area contributed by atoms with Gasteiger partial charge in [-0.05, 0) is 20.8 Å². The summed E-state index contributed by atoms with van der Waals surface area (Å²) in [5, 5.41) is 9.09. The number of nitrogens with zero attached hydrogens (tertiary/aromatic N) is 3. The number of rotatable bonds is 6. The first kappa shape index (κ1) is 15.1. The Kier molecular flexibility index (Phi) is 4.30. The van der Waals surface area contributed by atoms with Crippen LogP contribution in [0.15, 0.2) is 18.6 Å². The van der Waals surface area contributed by atoms with Crippen LogP contribution in [0.2, 0.25) is 0 Å². The van der Waals surface area contributed by atoms with E-state index < -0.39 is 5.41 Å². The second-order valence-electron chi connectivity index (χ2n) is 5.48. The van der Waals surface area contributed by atoms with E-state index in [9.17, 15) is 4.79 Å². The topological polar surface area (TPSA) is 83.3 Å². The fourth-order valence-corrected chi connectivity index (χ4v) is 2.04. The van der Waals surface area contributed by atoms with Crippen molar-refractivity contribution in [2.75, 3.05) is 30.8 Å². The van der Waals surface area contributed by atoms with Crippen LogP contribution in [0.1, 0.15) is 20.8 Å². The minimum Gasteiger partial charge on any atom is -0.369 e. The number of anilines is 2. The van der Waals surface area contributed by atoms with E-state index in [4.69, 9.17) is 0 Å². The molecular weight excluding hydrogens is 268 g/mol. The van der Waals surface area contributed by atoms with Crippen molar-refractivity contribution >= 4 is 23.2 Å². The van der Waals surface area contributed by atoms with Crippen molar-refractivity contribution in [2.24, 2.45) is 5.41 Å². The number of carbonyl (C=O) groups is 1. The van der Waals surface area contributed by atoms with Crippen molar-refractivity contribution in [3.05, 3.63) is 18.6 Å². The largest absolute Gasteiger partial charge is 0.369 e. The lowest BCUT2D eigenvalue weighted by molar-refractivity contribution is -0.128. The first-order valence-corrected chi connectivity index (χ1v) is 7.01. The minimum absolute atomic E-state index is 0.0165. The zero-order valence-corrected chi connectivity index (χ0v) is 12.9. The summed E-state index contributed by atoms with van der Waals surface area (Å²) in [6, 6.07) is 0. The monoisotopic (exact) mass is 290 g/mol. The molecule has 0 aromatic carbocycles. The number of carbonyl (C=O) groups excluding carboxylic acids is 1. The third-order valence-electron chi connectivity index (χ3n) is 3.27. The quantitative estimate of drug-likeness (QED) is 0.748. The molecule has 0 saturated carbocycles. The Labute approximate surface area is 124 Å². The van der Waals surface area contributed by atoms with Gasteiger partial charge in [0.15, 0.2) is 11.5 Å². The van der Waals surface area contributed by atoms with Gasteiger partial charge in [0, 0.05) is 32.5 Å². The molecule has 0 aliphatic heterocycles. The fourth-order valence-electron chi connectivity index (χ4n) is 2.04. The fraction of sp³-hybridized carbons (Fsp3) is 0.500. The molecule has 0 bridgehead atoms. The summed E-state index contributed by atoms with van der Waals surface area (Å²) < 4.78 is 1.90. The number of aromatic nitrogens is 3. The Bertz CT molecular complexity index is 633. The number of fused-ring (bicyclic) bond motifs is 1. The Balaban J connectivity index is 2.24. The third-order valence-corrected chi connectivity index (χ3v) is 3.27. The molecule has 2 aromatic heterocycles. The van der Waals surface area contributed by atoms with E-state index in [1.54, 1.807) is 13.2 Å². The summed E-state index contributed by atoms with van der Waals surface area (Å²) in [6.07, 6.45) is 5.48. The summed E-state index contributed by atoms with van der Waals surface area (Å²) in [6.45, 7) is 7.04. The van der Waals surface area contributed by atoms with Crippen LogP contribution >= 0.6 is 0 Å². The average molecular weight is 290 g/mol. The van der Waals surface area contributed by atoms with Crippen molar-refractivity contribution in [3.8, 4) is 0 Å². The molecule has 7 heteroatoms. The van der Waals surface area contributed by atoms with Crippen molar-refractivity contribution in [3.63, 3.8) is 0 Å². The average Bonchev–Trinajstić information content (AvgIpc) is 2.92. The molecule has 2 aromatic rings. The molecule has 7 nitrogen and oxygen atoms in total. The van der Waals surface area contributed by atoms with E-state index >= 15 is 0 Å². The summed E-state index contributed by atoms with van der Waals surface area (Å²) in [5.74, 6) is 1.41. The van der Waals surface area contributed by atoms with Gasteiger partial charge >= 0.3 is 0 Å². The van der Waals surface area contributed by atoms with Gasteiger partial charge in [-0.15, -0.1) is 0 Å².